The standard InChI is InChI=1S/C23H33N5O/c1-18-6-7-20(19(2)15-18)16-27-10-4-5-21(17-27)26(3)22-8-9-24-23(25-22)28-11-13-29-14-12-28/h6-9,15,21H,4-5,10-14,16-17H2,1-3H3. The van der Waals surface area contributed by atoms with Crippen molar-refractivity contribution in [2.75, 3.05) is 56.2 Å². The summed E-state index contributed by atoms with van der Waals surface area (Å²) < 4.78 is 5.46. The summed E-state index contributed by atoms with van der Waals surface area (Å²) in [6.07, 6.45) is 4.32. The third kappa shape index (κ3) is 4.87. The monoisotopic (exact) mass is 395 g/mol. The van der Waals surface area contributed by atoms with Crippen molar-refractivity contribution in [2.24, 2.45) is 0 Å². The van der Waals surface area contributed by atoms with E-state index in [1.807, 2.05) is 12.3 Å². The maximum absolute atomic E-state index is 5.46. The second-order valence-electron chi connectivity index (χ2n) is 8.39. The van der Waals surface area contributed by atoms with E-state index in [1.54, 1.807) is 0 Å². The average molecular weight is 396 g/mol. The highest BCUT2D eigenvalue weighted by atomic mass is 16.5. The fourth-order valence-electron chi connectivity index (χ4n) is 4.39. The molecule has 0 bridgehead atoms. The number of likely N-dealkylation sites (tertiary alicyclic amines) is 1. The molecule has 156 valence electrons. The van der Waals surface area contributed by atoms with E-state index in [4.69, 9.17) is 9.72 Å². The van der Waals surface area contributed by atoms with Crippen LogP contribution in [-0.2, 0) is 11.3 Å². The molecule has 0 aliphatic carbocycles. The molecule has 29 heavy (non-hydrogen) atoms. The van der Waals surface area contributed by atoms with Crippen molar-refractivity contribution < 1.29 is 4.74 Å². The van der Waals surface area contributed by atoms with Gasteiger partial charge in [0, 0.05) is 45.5 Å². The molecule has 0 amide bonds. The molecule has 2 aromatic rings. The number of hydrogen-bond donors (Lipinski definition) is 0. The van der Waals surface area contributed by atoms with E-state index in [-0.39, 0.29) is 0 Å². The Bertz CT molecular complexity index is 821. The lowest BCUT2D eigenvalue weighted by molar-refractivity contribution is 0.122. The smallest absolute Gasteiger partial charge is 0.227 e. The van der Waals surface area contributed by atoms with Crippen LogP contribution in [0.15, 0.2) is 30.5 Å². The van der Waals surface area contributed by atoms with E-state index >= 15 is 0 Å². The Balaban J connectivity index is 1.42. The van der Waals surface area contributed by atoms with Gasteiger partial charge in [0.05, 0.1) is 13.2 Å². The molecule has 6 nitrogen and oxygen atoms in total. The largest absolute Gasteiger partial charge is 0.378 e. The summed E-state index contributed by atoms with van der Waals surface area (Å²) in [5.41, 5.74) is 4.17. The number of aryl methyl sites for hydroxylation is 2. The summed E-state index contributed by atoms with van der Waals surface area (Å²) in [7, 11) is 2.18. The molecule has 2 aliphatic rings. The first kappa shape index (κ1) is 20.1. The highest BCUT2D eigenvalue weighted by Gasteiger charge is 2.25. The number of piperidine rings is 1. The van der Waals surface area contributed by atoms with Crippen LogP contribution < -0.4 is 9.80 Å². The van der Waals surface area contributed by atoms with Crippen LogP contribution in [0.3, 0.4) is 0 Å². The van der Waals surface area contributed by atoms with Crippen LogP contribution in [0.4, 0.5) is 11.8 Å². The highest BCUT2D eigenvalue weighted by Crippen LogP contribution is 2.23. The van der Waals surface area contributed by atoms with Gasteiger partial charge in [-0.25, -0.2) is 4.98 Å². The van der Waals surface area contributed by atoms with Crippen LogP contribution >= 0.6 is 0 Å². The van der Waals surface area contributed by atoms with Gasteiger partial charge in [-0.05, 0) is 50.4 Å². The fourth-order valence-corrected chi connectivity index (χ4v) is 4.39. The van der Waals surface area contributed by atoms with E-state index < -0.39 is 0 Å². The van der Waals surface area contributed by atoms with Gasteiger partial charge in [0.2, 0.25) is 5.95 Å². The minimum atomic E-state index is 0.474. The van der Waals surface area contributed by atoms with Gasteiger partial charge >= 0.3 is 0 Å². The summed E-state index contributed by atoms with van der Waals surface area (Å²) >= 11 is 0. The lowest BCUT2D eigenvalue weighted by Gasteiger charge is -2.38. The second-order valence-corrected chi connectivity index (χ2v) is 8.39. The van der Waals surface area contributed by atoms with Crippen LogP contribution in [0, 0.1) is 13.8 Å². The first-order chi connectivity index (χ1) is 14.1. The number of ether oxygens (including phenoxy) is 1. The third-order valence-corrected chi connectivity index (χ3v) is 6.20. The number of likely N-dealkylation sites (N-methyl/N-ethyl adjacent to an activating group) is 1. The molecule has 0 spiro atoms. The molecule has 6 heteroatoms. The number of nitrogens with zero attached hydrogens (tertiary/aromatic N) is 5. The number of rotatable bonds is 5. The Morgan fingerprint density at radius 1 is 1.14 bits per heavy atom. The zero-order valence-corrected chi connectivity index (χ0v) is 18.0. The topological polar surface area (TPSA) is 44.7 Å². The van der Waals surface area contributed by atoms with Crippen molar-refractivity contribution in [3.8, 4) is 0 Å². The summed E-state index contributed by atoms with van der Waals surface area (Å²) in [4.78, 5) is 16.5. The van der Waals surface area contributed by atoms with E-state index in [2.05, 4.69) is 58.8 Å². The molecule has 0 radical (unpaired) electrons. The molecule has 1 atom stereocenters. The fraction of sp³-hybridized carbons (Fsp3) is 0.565. The molecular formula is C23H33N5O. The van der Waals surface area contributed by atoms with E-state index in [1.165, 1.54) is 36.1 Å². The number of morpholine rings is 1. The van der Waals surface area contributed by atoms with E-state index in [0.717, 1.165) is 51.2 Å². The third-order valence-electron chi connectivity index (χ3n) is 6.20. The average Bonchev–Trinajstić information content (AvgIpc) is 2.76. The maximum atomic E-state index is 5.46. The predicted molar refractivity (Wildman–Crippen MR) is 118 cm³/mol. The van der Waals surface area contributed by atoms with Gasteiger partial charge in [0.15, 0.2) is 0 Å². The Morgan fingerprint density at radius 2 is 1.97 bits per heavy atom. The molecule has 2 aliphatic heterocycles. The predicted octanol–water partition coefficient (Wildman–Crippen LogP) is 3.03. The van der Waals surface area contributed by atoms with Crippen molar-refractivity contribution in [3.63, 3.8) is 0 Å². The van der Waals surface area contributed by atoms with Crippen LogP contribution in [0.2, 0.25) is 0 Å². The number of hydrogen-bond acceptors (Lipinski definition) is 6. The molecule has 1 aromatic heterocycles. The maximum Gasteiger partial charge on any atom is 0.227 e. The van der Waals surface area contributed by atoms with Gasteiger partial charge in [-0.3, -0.25) is 4.90 Å². The zero-order valence-electron chi connectivity index (χ0n) is 18.0. The molecule has 1 unspecified atom stereocenters. The molecule has 3 heterocycles. The van der Waals surface area contributed by atoms with Gasteiger partial charge < -0.3 is 14.5 Å². The molecule has 2 saturated heterocycles. The Hall–Kier alpha value is -2.18. The Morgan fingerprint density at radius 3 is 2.76 bits per heavy atom. The van der Waals surface area contributed by atoms with Crippen molar-refractivity contribution in [3.05, 3.63) is 47.2 Å². The summed E-state index contributed by atoms with van der Waals surface area (Å²) in [5.74, 6) is 1.83. The van der Waals surface area contributed by atoms with Crippen molar-refractivity contribution >= 4 is 11.8 Å². The van der Waals surface area contributed by atoms with Gasteiger partial charge in [0.1, 0.15) is 5.82 Å². The summed E-state index contributed by atoms with van der Waals surface area (Å²) in [6.45, 7) is 10.9. The molecule has 1 aromatic carbocycles. The molecule has 4 rings (SSSR count). The molecule has 2 fully saturated rings. The normalized spacial score (nSPS) is 20.7. The summed E-state index contributed by atoms with van der Waals surface area (Å²) in [5, 5.41) is 0. The lowest BCUT2D eigenvalue weighted by Crippen LogP contribution is -2.46. The van der Waals surface area contributed by atoms with E-state index in [0.29, 0.717) is 6.04 Å². The number of anilines is 2. The van der Waals surface area contributed by atoms with Crippen LogP contribution in [0.25, 0.3) is 0 Å². The molecule has 0 N–H and O–H groups in total. The van der Waals surface area contributed by atoms with Gasteiger partial charge in [-0.2, -0.15) is 4.98 Å². The Kier molecular flexibility index (Phi) is 6.31. The van der Waals surface area contributed by atoms with Crippen molar-refractivity contribution in [1.82, 2.24) is 14.9 Å². The quantitative estimate of drug-likeness (QED) is 0.775. The first-order valence-electron chi connectivity index (χ1n) is 10.8. The minimum Gasteiger partial charge on any atom is -0.378 e. The Labute approximate surface area is 174 Å². The number of benzene rings is 1. The highest BCUT2D eigenvalue weighted by molar-refractivity contribution is 5.44. The van der Waals surface area contributed by atoms with Crippen LogP contribution in [0.1, 0.15) is 29.5 Å². The van der Waals surface area contributed by atoms with Crippen molar-refractivity contribution in [1.29, 1.82) is 0 Å². The summed E-state index contributed by atoms with van der Waals surface area (Å²) in [6, 6.07) is 9.31. The molecular weight excluding hydrogens is 362 g/mol. The number of aromatic nitrogens is 2. The first-order valence-corrected chi connectivity index (χ1v) is 10.8. The van der Waals surface area contributed by atoms with Crippen molar-refractivity contribution in [2.45, 2.75) is 39.3 Å². The zero-order chi connectivity index (χ0) is 20.2. The molecule has 0 saturated carbocycles. The van der Waals surface area contributed by atoms with Gasteiger partial charge in [-0.1, -0.05) is 23.8 Å². The lowest BCUT2D eigenvalue weighted by atomic mass is 10.0. The minimum absolute atomic E-state index is 0.474. The van der Waals surface area contributed by atoms with Crippen LogP contribution in [0.5, 0.6) is 0 Å². The SMILES string of the molecule is Cc1ccc(CN2CCCC(N(C)c3ccnc(N4CCOCC4)n3)C2)c(C)c1. The van der Waals surface area contributed by atoms with Crippen LogP contribution in [-0.4, -0.2) is 67.4 Å². The second kappa shape index (κ2) is 9.09. The van der Waals surface area contributed by atoms with Gasteiger partial charge in [-0.15, -0.1) is 0 Å². The van der Waals surface area contributed by atoms with Gasteiger partial charge in [0.25, 0.3) is 0 Å². The van der Waals surface area contributed by atoms with E-state index in [9.17, 15) is 0 Å².